The lowest BCUT2D eigenvalue weighted by Crippen LogP contribution is -2.26. The number of aliphatic hydroxyl groups excluding tert-OH is 1. The fourth-order valence-corrected chi connectivity index (χ4v) is 3.99. The lowest BCUT2D eigenvalue weighted by atomic mass is 9.85. The van der Waals surface area contributed by atoms with Gasteiger partial charge in [-0.05, 0) is 35.1 Å². The molecule has 1 amide bonds. The van der Waals surface area contributed by atoms with E-state index < -0.39 is 16.4 Å². The molecular weight excluding hydrogens is 362 g/mol. The molecule has 0 bridgehead atoms. The molecule has 6 heteroatoms. The van der Waals surface area contributed by atoms with Gasteiger partial charge in [0.25, 0.3) is 0 Å². The standard InChI is InChI=1S/C21H27NO4S/c1-16(2)20(18-6-4-3-5-7-18)14-21(24)22-15-17-8-10-19(11-9-17)27(25,26)13-12-23/h3-11,16,20,23H,12-15H2,1-2H3,(H,22,24)/t20-/m0/s1. The molecule has 0 fully saturated rings. The third kappa shape index (κ3) is 6.19. The van der Waals surface area contributed by atoms with Crippen LogP contribution in [0.2, 0.25) is 0 Å². The highest BCUT2D eigenvalue weighted by Crippen LogP contribution is 2.27. The zero-order valence-corrected chi connectivity index (χ0v) is 16.6. The average molecular weight is 390 g/mol. The molecule has 0 saturated carbocycles. The van der Waals surface area contributed by atoms with E-state index in [1.807, 2.05) is 30.3 Å². The Morgan fingerprint density at radius 1 is 1.04 bits per heavy atom. The molecular formula is C21H27NO4S. The highest BCUT2D eigenvalue weighted by atomic mass is 32.2. The van der Waals surface area contributed by atoms with Crippen LogP contribution in [0.3, 0.4) is 0 Å². The Morgan fingerprint density at radius 2 is 1.67 bits per heavy atom. The summed E-state index contributed by atoms with van der Waals surface area (Å²) in [7, 11) is -3.45. The molecule has 5 nitrogen and oxygen atoms in total. The monoisotopic (exact) mass is 389 g/mol. The van der Waals surface area contributed by atoms with E-state index >= 15 is 0 Å². The van der Waals surface area contributed by atoms with Crippen molar-refractivity contribution in [1.29, 1.82) is 0 Å². The second-order valence-corrected chi connectivity index (χ2v) is 9.04. The van der Waals surface area contributed by atoms with Crippen LogP contribution in [0.1, 0.15) is 37.3 Å². The molecule has 0 spiro atoms. The summed E-state index contributed by atoms with van der Waals surface area (Å²) < 4.78 is 23.8. The predicted octanol–water partition coefficient (Wildman–Crippen LogP) is 2.90. The summed E-state index contributed by atoms with van der Waals surface area (Å²) >= 11 is 0. The first kappa shape index (κ1) is 21.1. The highest BCUT2D eigenvalue weighted by molar-refractivity contribution is 7.91. The largest absolute Gasteiger partial charge is 0.395 e. The number of rotatable bonds is 9. The van der Waals surface area contributed by atoms with Gasteiger partial charge >= 0.3 is 0 Å². The fourth-order valence-electron chi connectivity index (χ4n) is 2.96. The molecule has 0 radical (unpaired) electrons. The van der Waals surface area contributed by atoms with Gasteiger partial charge in [0.1, 0.15) is 0 Å². The second-order valence-electron chi connectivity index (χ2n) is 6.93. The highest BCUT2D eigenvalue weighted by Gasteiger charge is 2.19. The Morgan fingerprint density at radius 3 is 2.22 bits per heavy atom. The van der Waals surface area contributed by atoms with Gasteiger partial charge in [-0.3, -0.25) is 4.79 Å². The maximum atomic E-state index is 12.4. The minimum absolute atomic E-state index is 0.0328. The molecule has 146 valence electrons. The molecule has 2 rings (SSSR count). The van der Waals surface area contributed by atoms with Crippen molar-refractivity contribution in [2.24, 2.45) is 5.92 Å². The normalized spacial score (nSPS) is 12.7. The molecule has 0 heterocycles. The van der Waals surface area contributed by atoms with Crippen molar-refractivity contribution in [3.8, 4) is 0 Å². The number of hydrogen-bond acceptors (Lipinski definition) is 4. The van der Waals surface area contributed by atoms with Gasteiger partial charge in [-0.2, -0.15) is 0 Å². The maximum absolute atomic E-state index is 12.4. The van der Waals surface area contributed by atoms with Crippen LogP contribution in [0.5, 0.6) is 0 Å². The number of carbonyl (C=O) groups excluding carboxylic acids is 1. The minimum atomic E-state index is -3.45. The Balaban J connectivity index is 1.95. The first-order valence-electron chi connectivity index (χ1n) is 9.07. The van der Waals surface area contributed by atoms with E-state index in [1.165, 1.54) is 12.1 Å². The van der Waals surface area contributed by atoms with Crippen molar-refractivity contribution in [3.05, 3.63) is 65.7 Å². The molecule has 2 aromatic carbocycles. The predicted molar refractivity (Wildman–Crippen MR) is 106 cm³/mol. The van der Waals surface area contributed by atoms with Gasteiger partial charge < -0.3 is 10.4 Å². The summed E-state index contributed by atoms with van der Waals surface area (Å²) in [5.74, 6) is 0.167. The molecule has 0 aliphatic heterocycles. The van der Waals surface area contributed by atoms with Gasteiger partial charge in [0.15, 0.2) is 9.84 Å². The van der Waals surface area contributed by atoms with Crippen molar-refractivity contribution in [2.45, 2.75) is 37.6 Å². The SMILES string of the molecule is CC(C)[C@H](CC(=O)NCc1ccc(S(=O)(=O)CCO)cc1)c1ccccc1. The molecule has 27 heavy (non-hydrogen) atoms. The van der Waals surface area contributed by atoms with Crippen LogP contribution in [0, 0.1) is 5.92 Å². The molecule has 0 saturated heterocycles. The zero-order chi connectivity index (χ0) is 19.9. The van der Waals surface area contributed by atoms with E-state index in [-0.39, 0.29) is 22.5 Å². The van der Waals surface area contributed by atoms with E-state index in [9.17, 15) is 13.2 Å². The summed E-state index contributed by atoms with van der Waals surface area (Å²) in [5, 5.41) is 11.7. The van der Waals surface area contributed by atoms with Crippen LogP contribution in [0.4, 0.5) is 0 Å². The molecule has 0 unspecified atom stereocenters. The number of carbonyl (C=O) groups is 1. The van der Waals surface area contributed by atoms with Gasteiger partial charge in [0.2, 0.25) is 5.91 Å². The van der Waals surface area contributed by atoms with E-state index in [2.05, 4.69) is 19.2 Å². The van der Waals surface area contributed by atoms with Crippen molar-refractivity contribution < 1.29 is 18.3 Å². The summed E-state index contributed by atoms with van der Waals surface area (Å²) in [6.07, 6.45) is 0.407. The molecule has 2 aromatic rings. The van der Waals surface area contributed by atoms with Crippen molar-refractivity contribution in [1.82, 2.24) is 5.32 Å². The van der Waals surface area contributed by atoms with Crippen LogP contribution >= 0.6 is 0 Å². The summed E-state index contributed by atoms with van der Waals surface area (Å²) in [4.78, 5) is 12.6. The maximum Gasteiger partial charge on any atom is 0.220 e. The summed E-state index contributed by atoms with van der Waals surface area (Å²) in [5.41, 5.74) is 1.98. The van der Waals surface area contributed by atoms with Crippen molar-refractivity contribution in [2.75, 3.05) is 12.4 Å². The minimum Gasteiger partial charge on any atom is -0.395 e. The smallest absolute Gasteiger partial charge is 0.220 e. The van der Waals surface area contributed by atoms with Gasteiger partial charge in [0, 0.05) is 13.0 Å². The van der Waals surface area contributed by atoms with E-state index in [1.54, 1.807) is 12.1 Å². The lowest BCUT2D eigenvalue weighted by molar-refractivity contribution is -0.121. The van der Waals surface area contributed by atoms with E-state index in [0.717, 1.165) is 11.1 Å². The molecule has 2 N–H and O–H groups in total. The Kier molecular flexibility index (Phi) is 7.56. The quantitative estimate of drug-likeness (QED) is 0.691. The Hall–Kier alpha value is -2.18. The summed E-state index contributed by atoms with van der Waals surface area (Å²) in [6, 6.07) is 16.4. The first-order valence-corrected chi connectivity index (χ1v) is 10.7. The lowest BCUT2D eigenvalue weighted by Gasteiger charge is -2.21. The van der Waals surface area contributed by atoms with Gasteiger partial charge in [-0.1, -0.05) is 56.3 Å². The molecule has 1 atom stereocenters. The van der Waals surface area contributed by atoms with Crippen LogP contribution in [-0.4, -0.2) is 31.8 Å². The second kappa shape index (κ2) is 9.67. The molecule has 0 aromatic heterocycles. The number of nitrogens with one attached hydrogen (secondary N) is 1. The average Bonchev–Trinajstić information content (AvgIpc) is 2.65. The number of amides is 1. The van der Waals surface area contributed by atoms with Crippen LogP contribution in [0.15, 0.2) is 59.5 Å². The van der Waals surface area contributed by atoms with Gasteiger partial charge in [0.05, 0.1) is 17.3 Å². The Labute approximate surface area is 161 Å². The third-order valence-corrected chi connectivity index (χ3v) is 6.28. The number of aliphatic hydroxyl groups is 1. The third-order valence-electron chi connectivity index (χ3n) is 4.57. The topological polar surface area (TPSA) is 83.5 Å². The van der Waals surface area contributed by atoms with E-state index in [4.69, 9.17) is 5.11 Å². The number of benzene rings is 2. The Bertz CT molecular complexity index is 830. The van der Waals surface area contributed by atoms with Crippen LogP contribution in [0.25, 0.3) is 0 Å². The van der Waals surface area contributed by atoms with Crippen molar-refractivity contribution >= 4 is 15.7 Å². The van der Waals surface area contributed by atoms with Gasteiger partial charge in [-0.25, -0.2) is 8.42 Å². The number of sulfone groups is 1. The van der Waals surface area contributed by atoms with Gasteiger partial charge in [-0.15, -0.1) is 0 Å². The zero-order valence-electron chi connectivity index (χ0n) is 15.8. The van der Waals surface area contributed by atoms with Crippen LogP contribution in [-0.2, 0) is 21.2 Å². The van der Waals surface area contributed by atoms with E-state index in [0.29, 0.717) is 18.9 Å². The molecule has 0 aliphatic rings. The number of hydrogen-bond donors (Lipinski definition) is 2. The first-order chi connectivity index (χ1) is 12.8. The van der Waals surface area contributed by atoms with Crippen LogP contribution < -0.4 is 5.32 Å². The summed E-state index contributed by atoms with van der Waals surface area (Å²) in [6.45, 7) is 4.16. The van der Waals surface area contributed by atoms with Crippen molar-refractivity contribution in [3.63, 3.8) is 0 Å². The molecule has 0 aliphatic carbocycles. The fraction of sp³-hybridized carbons (Fsp3) is 0.381.